The Hall–Kier alpha value is -4.26. The highest BCUT2D eigenvalue weighted by molar-refractivity contribution is 7.98. The average Bonchev–Trinajstić information content (AvgIpc) is 2.95. The lowest BCUT2D eigenvalue weighted by atomic mass is 10.1. The monoisotopic (exact) mass is 541 g/mol. The zero-order chi connectivity index (χ0) is 27.6. The molecule has 0 saturated carbocycles. The Morgan fingerprint density at radius 3 is 2.59 bits per heavy atom. The molecule has 2 N–H and O–H groups in total. The van der Waals surface area contributed by atoms with Gasteiger partial charge in [-0.25, -0.2) is 4.98 Å². The van der Waals surface area contributed by atoms with Gasteiger partial charge in [-0.2, -0.15) is 5.26 Å². The van der Waals surface area contributed by atoms with Crippen LogP contribution in [0.1, 0.15) is 16.7 Å². The molecule has 200 valence electrons. The Bertz CT molecular complexity index is 1510. The molecule has 0 amide bonds. The van der Waals surface area contributed by atoms with E-state index in [9.17, 15) is 10.1 Å². The maximum Gasteiger partial charge on any atom is 0.270 e. The standard InChI is InChI=1S/C30H31N5O3S/c1-35(2)13-14-38-26-12-5-7-21(16-26)19-32-24-10-4-8-22(15-24)20-39-30-33-28(27(18-31)29(36)34-30)23-9-6-11-25(17-23)37-3/h4-12,15-17,32H,13-14,19-20H2,1-3H3,(H,33,34,36). The summed E-state index contributed by atoms with van der Waals surface area (Å²) in [5.41, 5.74) is 3.69. The van der Waals surface area contributed by atoms with Crippen molar-refractivity contribution in [3.63, 3.8) is 0 Å². The number of thioether (sulfide) groups is 1. The van der Waals surface area contributed by atoms with E-state index in [4.69, 9.17) is 9.47 Å². The van der Waals surface area contributed by atoms with E-state index in [1.807, 2.05) is 50.5 Å². The second-order valence-electron chi connectivity index (χ2n) is 9.08. The number of benzene rings is 3. The summed E-state index contributed by atoms with van der Waals surface area (Å²) in [5.74, 6) is 2.08. The lowest BCUT2D eigenvalue weighted by Crippen LogP contribution is -2.19. The number of methoxy groups -OCH3 is 1. The molecule has 3 aromatic carbocycles. The number of hydrogen-bond acceptors (Lipinski definition) is 8. The molecule has 1 heterocycles. The van der Waals surface area contributed by atoms with Crippen molar-refractivity contribution in [1.29, 1.82) is 5.26 Å². The number of nitrogens with one attached hydrogen (secondary N) is 2. The van der Waals surface area contributed by atoms with Crippen LogP contribution in [-0.4, -0.2) is 49.2 Å². The van der Waals surface area contributed by atoms with Gasteiger partial charge in [-0.3, -0.25) is 4.79 Å². The number of anilines is 1. The van der Waals surface area contributed by atoms with Crippen molar-refractivity contribution < 1.29 is 9.47 Å². The fourth-order valence-corrected chi connectivity index (χ4v) is 4.63. The Kier molecular flexibility index (Phi) is 9.62. The normalized spacial score (nSPS) is 10.7. The molecule has 9 heteroatoms. The maximum absolute atomic E-state index is 12.6. The van der Waals surface area contributed by atoms with Crippen LogP contribution >= 0.6 is 11.8 Å². The molecule has 0 aliphatic heterocycles. The molecule has 0 aliphatic rings. The Labute approximate surface area is 232 Å². The van der Waals surface area contributed by atoms with Gasteiger partial charge in [-0.05, 0) is 61.6 Å². The molecule has 0 bridgehead atoms. The summed E-state index contributed by atoms with van der Waals surface area (Å²) in [5, 5.41) is 13.5. The lowest BCUT2D eigenvalue weighted by molar-refractivity contribution is 0.261. The highest BCUT2D eigenvalue weighted by Gasteiger charge is 2.14. The van der Waals surface area contributed by atoms with Crippen molar-refractivity contribution in [2.75, 3.05) is 39.7 Å². The summed E-state index contributed by atoms with van der Waals surface area (Å²) in [6, 6.07) is 25.4. The van der Waals surface area contributed by atoms with Crippen molar-refractivity contribution in [3.8, 4) is 28.8 Å². The van der Waals surface area contributed by atoms with Gasteiger partial charge in [-0.15, -0.1) is 0 Å². The van der Waals surface area contributed by atoms with Crippen LogP contribution in [0.5, 0.6) is 11.5 Å². The molecule has 0 atom stereocenters. The molecule has 4 rings (SSSR count). The highest BCUT2D eigenvalue weighted by Crippen LogP contribution is 2.27. The smallest absolute Gasteiger partial charge is 0.270 e. The van der Waals surface area contributed by atoms with Crippen LogP contribution in [0.3, 0.4) is 0 Å². The summed E-state index contributed by atoms with van der Waals surface area (Å²) in [6.45, 7) is 2.17. The van der Waals surface area contributed by atoms with E-state index in [-0.39, 0.29) is 5.56 Å². The number of hydrogen-bond donors (Lipinski definition) is 2. The van der Waals surface area contributed by atoms with Gasteiger partial charge in [0.25, 0.3) is 5.56 Å². The fourth-order valence-electron chi connectivity index (χ4n) is 3.82. The third-order valence-corrected chi connectivity index (χ3v) is 6.80. The molecule has 0 unspecified atom stereocenters. The molecule has 0 saturated heterocycles. The molecule has 39 heavy (non-hydrogen) atoms. The van der Waals surface area contributed by atoms with Crippen molar-refractivity contribution >= 4 is 17.4 Å². The van der Waals surface area contributed by atoms with E-state index in [2.05, 4.69) is 38.4 Å². The first-order valence-corrected chi connectivity index (χ1v) is 13.4. The van der Waals surface area contributed by atoms with Gasteiger partial charge in [0, 0.05) is 30.1 Å². The molecule has 0 aliphatic carbocycles. The van der Waals surface area contributed by atoms with E-state index < -0.39 is 5.56 Å². The first kappa shape index (κ1) is 27.8. The van der Waals surface area contributed by atoms with Crippen LogP contribution in [-0.2, 0) is 12.3 Å². The topological polar surface area (TPSA) is 103 Å². The van der Waals surface area contributed by atoms with E-state index in [0.717, 1.165) is 29.1 Å². The van der Waals surface area contributed by atoms with E-state index in [0.29, 0.717) is 41.1 Å². The number of aromatic amines is 1. The van der Waals surface area contributed by atoms with Crippen LogP contribution < -0.4 is 20.3 Å². The molecule has 0 spiro atoms. The fraction of sp³-hybridized carbons (Fsp3) is 0.233. The predicted molar refractivity (Wildman–Crippen MR) is 155 cm³/mol. The molecule has 1 aromatic heterocycles. The molecule has 4 aromatic rings. The number of rotatable bonds is 12. The summed E-state index contributed by atoms with van der Waals surface area (Å²) in [4.78, 5) is 22.1. The van der Waals surface area contributed by atoms with Gasteiger partial charge in [-0.1, -0.05) is 48.2 Å². The van der Waals surface area contributed by atoms with Crippen molar-refractivity contribution in [2.45, 2.75) is 17.5 Å². The van der Waals surface area contributed by atoms with Gasteiger partial charge in [0.15, 0.2) is 5.16 Å². The van der Waals surface area contributed by atoms with Crippen molar-refractivity contribution in [2.24, 2.45) is 0 Å². The average molecular weight is 542 g/mol. The van der Waals surface area contributed by atoms with Gasteiger partial charge in [0.1, 0.15) is 29.7 Å². The minimum absolute atomic E-state index is 0.0223. The van der Waals surface area contributed by atoms with Gasteiger partial charge >= 0.3 is 0 Å². The number of H-pyrrole nitrogens is 1. The number of likely N-dealkylation sites (N-methyl/N-ethyl adjacent to an activating group) is 1. The van der Waals surface area contributed by atoms with Gasteiger partial charge in [0.2, 0.25) is 0 Å². The number of nitrogens with zero attached hydrogens (tertiary/aromatic N) is 3. The van der Waals surface area contributed by atoms with Crippen LogP contribution in [0.2, 0.25) is 0 Å². The molecular formula is C30H31N5O3S. The second kappa shape index (κ2) is 13.5. The second-order valence-corrected chi connectivity index (χ2v) is 10.0. The first-order chi connectivity index (χ1) is 18.9. The molecule has 8 nitrogen and oxygen atoms in total. The number of nitriles is 1. The molecular weight excluding hydrogens is 510 g/mol. The SMILES string of the molecule is COc1cccc(-c2nc(SCc3cccc(NCc4cccc(OCCN(C)C)c4)c3)[nH]c(=O)c2C#N)c1. The lowest BCUT2D eigenvalue weighted by Gasteiger charge is -2.12. The first-order valence-electron chi connectivity index (χ1n) is 12.5. The van der Waals surface area contributed by atoms with Gasteiger partial charge in [0.05, 0.1) is 12.8 Å². The number of aromatic nitrogens is 2. The minimum Gasteiger partial charge on any atom is -0.497 e. The maximum atomic E-state index is 12.6. The Morgan fingerprint density at radius 1 is 1.03 bits per heavy atom. The quantitative estimate of drug-likeness (QED) is 0.187. The number of ether oxygens (including phenoxy) is 2. The van der Waals surface area contributed by atoms with E-state index in [1.54, 1.807) is 31.4 Å². The third kappa shape index (κ3) is 7.87. The van der Waals surface area contributed by atoms with Crippen LogP contribution in [0.15, 0.2) is 82.7 Å². The predicted octanol–water partition coefficient (Wildman–Crippen LogP) is 5.16. The molecule has 0 radical (unpaired) electrons. The minimum atomic E-state index is -0.462. The van der Waals surface area contributed by atoms with Crippen LogP contribution in [0.25, 0.3) is 11.3 Å². The largest absolute Gasteiger partial charge is 0.497 e. The van der Waals surface area contributed by atoms with Crippen molar-refractivity contribution in [3.05, 3.63) is 99.8 Å². The van der Waals surface area contributed by atoms with E-state index in [1.165, 1.54) is 11.8 Å². The van der Waals surface area contributed by atoms with Crippen LogP contribution in [0.4, 0.5) is 5.69 Å². The van der Waals surface area contributed by atoms with Crippen molar-refractivity contribution in [1.82, 2.24) is 14.9 Å². The van der Waals surface area contributed by atoms with Gasteiger partial charge < -0.3 is 24.7 Å². The van der Waals surface area contributed by atoms with Crippen LogP contribution in [0, 0.1) is 11.3 Å². The summed E-state index contributed by atoms with van der Waals surface area (Å²) in [7, 11) is 5.62. The molecule has 0 fully saturated rings. The third-order valence-electron chi connectivity index (χ3n) is 5.86. The van der Waals surface area contributed by atoms with E-state index >= 15 is 0 Å². The highest BCUT2D eigenvalue weighted by atomic mass is 32.2. The Balaban J connectivity index is 1.41. The zero-order valence-electron chi connectivity index (χ0n) is 22.2. The summed E-state index contributed by atoms with van der Waals surface area (Å²) >= 11 is 1.41. The zero-order valence-corrected chi connectivity index (χ0v) is 23.0. The Morgan fingerprint density at radius 2 is 1.79 bits per heavy atom. The summed E-state index contributed by atoms with van der Waals surface area (Å²) < 4.78 is 11.1. The summed E-state index contributed by atoms with van der Waals surface area (Å²) in [6.07, 6.45) is 0.